The normalized spacial score (nSPS) is 17.7. The van der Waals surface area contributed by atoms with Crippen molar-refractivity contribution in [3.8, 4) is 0 Å². The van der Waals surface area contributed by atoms with E-state index in [1.807, 2.05) is 6.92 Å². The standard InChI is InChI=1S/C16H23FN3O2/c1-3-4-5-8-19-15-7-6-12(9-14(15)17)20-11-13(10-18-2)22-16(20)21/h3,6-7,9,13,18-19H,4-5,8,10-11H2,1-2H3/q-1. The second kappa shape index (κ2) is 7.98. The molecule has 0 spiro atoms. The molecule has 1 aliphatic rings. The maximum absolute atomic E-state index is 14.1. The Morgan fingerprint density at radius 3 is 3.00 bits per heavy atom. The van der Waals surface area contributed by atoms with Crippen molar-refractivity contribution in [1.29, 1.82) is 0 Å². The number of hydrogen-bond acceptors (Lipinski definition) is 4. The highest BCUT2D eigenvalue weighted by atomic mass is 19.1. The van der Waals surface area contributed by atoms with E-state index in [0.717, 1.165) is 19.4 Å². The number of likely N-dealkylation sites (N-methyl/N-ethyl adjacent to an activating group) is 1. The second-order valence-corrected chi connectivity index (χ2v) is 5.32. The third kappa shape index (κ3) is 4.10. The molecule has 2 rings (SSSR count). The van der Waals surface area contributed by atoms with Crippen LogP contribution >= 0.6 is 0 Å². The van der Waals surface area contributed by atoms with Crippen LogP contribution in [0.15, 0.2) is 18.2 Å². The van der Waals surface area contributed by atoms with Gasteiger partial charge in [-0.2, -0.15) is 13.3 Å². The van der Waals surface area contributed by atoms with E-state index >= 15 is 0 Å². The lowest BCUT2D eigenvalue weighted by atomic mass is 10.2. The summed E-state index contributed by atoms with van der Waals surface area (Å²) in [5.74, 6) is -0.358. The third-order valence-corrected chi connectivity index (χ3v) is 3.56. The molecule has 0 aromatic heterocycles. The van der Waals surface area contributed by atoms with Crippen molar-refractivity contribution in [2.75, 3.05) is 36.9 Å². The Kier molecular flexibility index (Phi) is 6.00. The molecular formula is C16H23FN3O2-. The van der Waals surface area contributed by atoms with Gasteiger partial charge in [0.2, 0.25) is 0 Å². The Hall–Kier alpha value is -1.82. The minimum absolute atomic E-state index is 0.205. The highest BCUT2D eigenvalue weighted by Crippen LogP contribution is 2.25. The summed E-state index contributed by atoms with van der Waals surface area (Å²) in [4.78, 5) is 13.3. The number of rotatable bonds is 8. The van der Waals surface area contributed by atoms with Gasteiger partial charge in [0, 0.05) is 13.1 Å². The summed E-state index contributed by atoms with van der Waals surface area (Å²) in [6.07, 6.45) is 3.41. The molecule has 1 unspecified atom stereocenters. The van der Waals surface area contributed by atoms with Gasteiger partial charge in [0.05, 0.1) is 17.9 Å². The van der Waals surface area contributed by atoms with Gasteiger partial charge in [-0.15, -0.1) is 0 Å². The van der Waals surface area contributed by atoms with Crippen LogP contribution in [0.2, 0.25) is 0 Å². The number of amides is 1. The number of carbonyl (C=O) groups is 1. The molecule has 1 heterocycles. The maximum atomic E-state index is 14.1. The number of halogens is 1. The molecule has 0 saturated carbocycles. The van der Waals surface area contributed by atoms with E-state index in [1.165, 1.54) is 11.0 Å². The highest BCUT2D eigenvalue weighted by Gasteiger charge is 2.32. The summed E-state index contributed by atoms with van der Waals surface area (Å²) in [7, 11) is 1.80. The second-order valence-electron chi connectivity index (χ2n) is 5.32. The van der Waals surface area contributed by atoms with E-state index in [9.17, 15) is 9.18 Å². The number of ether oxygens (including phenoxy) is 1. The van der Waals surface area contributed by atoms with Crippen LogP contribution in [0.5, 0.6) is 0 Å². The van der Waals surface area contributed by atoms with Crippen LogP contribution in [0.3, 0.4) is 0 Å². The molecule has 1 amide bonds. The Balaban J connectivity index is 1.98. The van der Waals surface area contributed by atoms with Gasteiger partial charge in [-0.1, -0.05) is 6.42 Å². The van der Waals surface area contributed by atoms with E-state index in [1.54, 1.807) is 19.2 Å². The van der Waals surface area contributed by atoms with Gasteiger partial charge in [0.15, 0.2) is 0 Å². The number of unbranched alkanes of at least 4 members (excludes halogenated alkanes) is 2. The first-order chi connectivity index (χ1) is 10.7. The fourth-order valence-electron chi connectivity index (χ4n) is 2.41. The highest BCUT2D eigenvalue weighted by molar-refractivity contribution is 5.90. The molecule has 22 heavy (non-hydrogen) atoms. The minimum atomic E-state index is -0.432. The molecule has 1 atom stereocenters. The number of hydrogen-bond donors (Lipinski definition) is 2. The third-order valence-electron chi connectivity index (χ3n) is 3.56. The first kappa shape index (κ1) is 16.5. The van der Waals surface area contributed by atoms with Crippen molar-refractivity contribution < 1.29 is 13.9 Å². The first-order valence-electron chi connectivity index (χ1n) is 7.59. The minimum Gasteiger partial charge on any atom is -0.443 e. The van der Waals surface area contributed by atoms with Crippen LogP contribution in [0.4, 0.5) is 20.6 Å². The smallest absolute Gasteiger partial charge is 0.414 e. The molecule has 1 aliphatic heterocycles. The molecule has 0 radical (unpaired) electrons. The summed E-state index contributed by atoms with van der Waals surface area (Å²) >= 11 is 0. The molecule has 0 bridgehead atoms. The fourth-order valence-corrected chi connectivity index (χ4v) is 2.41. The average molecular weight is 308 g/mol. The lowest BCUT2D eigenvalue weighted by Crippen LogP contribution is -2.29. The summed E-state index contributed by atoms with van der Waals surface area (Å²) in [6, 6.07) is 4.77. The zero-order chi connectivity index (χ0) is 15.9. The van der Waals surface area contributed by atoms with Gasteiger partial charge in [0.1, 0.15) is 11.9 Å². The fraction of sp³-hybridized carbons (Fsp3) is 0.500. The van der Waals surface area contributed by atoms with Crippen molar-refractivity contribution in [3.63, 3.8) is 0 Å². The molecule has 1 saturated heterocycles. The molecule has 6 heteroatoms. The molecule has 0 aliphatic carbocycles. The van der Waals surface area contributed by atoms with Gasteiger partial charge in [-0.3, -0.25) is 4.90 Å². The van der Waals surface area contributed by atoms with Gasteiger partial charge < -0.3 is 21.8 Å². The SMILES string of the molecule is C[CH-]CCCNc1ccc(N2CC(CNC)OC2=O)cc1F. The van der Waals surface area contributed by atoms with E-state index < -0.39 is 6.09 Å². The Morgan fingerprint density at radius 1 is 1.50 bits per heavy atom. The van der Waals surface area contributed by atoms with Gasteiger partial charge in [0.25, 0.3) is 0 Å². The zero-order valence-corrected chi connectivity index (χ0v) is 13.1. The Labute approximate surface area is 130 Å². The number of anilines is 2. The molecule has 1 aromatic carbocycles. The monoisotopic (exact) mass is 308 g/mol. The first-order valence-corrected chi connectivity index (χ1v) is 7.59. The molecule has 1 aromatic rings. The van der Waals surface area contributed by atoms with Crippen molar-refractivity contribution in [3.05, 3.63) is 30.4 Å². The van der Waals surface area contributed by atoms with Crippen LogP contribution in [0, 0.1) is 12.2 Å². The lowest BCUT2D eigenvalue weighted by molar-refractivity contribution is 0.141. The molecule has 122 valence electrons. The maximum Gasteiger partial charge on any atom is 0.414 e. The van der Waals surface area contributed by atoms with E-state index in [4.69, 9.17) is 4.74 Å². The van der Waals surface area contributed by atoms with Crippen LogP contribution in [0.25, 0.3) is 0 Å². The number of nitrogens with one attached hydrogen (secondary N) is 2. The average Bonchev–Trinajstić information content (AvgIpc) is 2.86. The number of benzene rings is 1. The van der Waals surface area contributed by atoms with E-state index in [-0.39, 0.29) is 11.9 Å². The van der Waals surface area contributed by atoms with Gasteiger partial charge >= 0.3 is 6.09 Å². The van der Waals surface area contributed by atoms with Crippen LogP contribution in [-0.4, -0.2) is 38.9 Å². The van der Waals surface area contributed by atoms with E-state index in [0.29, 0.717) is 24.5 Å². The van der Waals surface area contributed by atoms with Crippen molar-refractivity contribution in [2.45, 2.75) is 25.9 Å². The Morgan fingerprint density at radius 2 is 2.32 bits per heavy atom. The molecule has 5 nitrogen and oxygen atoms in total. The van der Waals surface area contributed by atoms with Gasteiger partial charge in [-0.05, 0) is 25.2 Å². The van der Waals surface area contributed by atoms with Crippen molar-refractivity contribution >= 4 is 17.5 Å². The number of nitrogens with zero attached hydrogens (tertiary/aromatic N) is 1. The summed E-state index contributed by atoms with van der Waals surface area (Å²) in [6.45, 7) is 3.74. The quantitative estimate of drug-likeness (QED) is 0.573. The van der Waals surface area contributed by atoms with Crippen LogP contribution in [-0.2, 0) is 4.74 Å². The molecule has 2 N–H and O–H groups in total. The summed E-state index contributed by atoms with van der Waals surface area (Å²) in [5, 5.41) is 6.03. The summed E-state index contributed by atoms with van der Waals surface area (Å²) in [5.41, 5.74) is 0.979. The molecular weight excluding hydrogens is 285 g/mol. The predicted molar refractivity (Wildman–Crippen MR) is 85.6 cm³/mol. The van der Waals surface area contributed by atoms with Crippen LogP contribution in [0.1, 0.15) is 19.8 Å². The predicted octanol–water partition coefficient (Wildman–Crippen LogP) is 2.79. The largest absolute Gasteiger partial charge is 0.443 e. The molecule has 1 fully saturated rings. The number of carbonyl (C=O) groups excluding carboxylic acids is 1. The van der Waals surface area contributed by atoms with Crippen molar-refractivity contribution in [1.82, 2.24) is 5.32 Å². The van der Waals surface area contributed by atoms with Gasteiger partial charge in [-0.25, -0.2) is 9.18 Å². The number of cyclic esters (lactones) is 1. The Bertz CT molecular complexity index is 510. The topological polar surface area (TPSA) is 53.6 Å². The van der Waals surface area contributed by atoms with E-state index in [2.05, 4.69) is 17.1 Å². The lowest BCUT2D eigenvalue weighted by Gasteiger charge is -2.15. The zero-order valence-electron chi connectivity index (χ0n) is 13.1. The summed E-state index contributed by atoms with van der Waals surface area (Å²) < 4.78 is 19.3. The van der Waals surface area contributed by atoms with Crippen LogP contribution < -0.4 is 15.5 Å². The van der Waals surface area contributed by atoms with Crippen molar-refractivity contribution in [2.24, 2.45) is 0 Å².